The molecule has 5 rings (SSSR count). The average Bonchev–Trinajstić information content (AvgIpc) is 3.72. The van der Waals surface area contributed by atoms with Crippen molar-refractivity contribution in [2.45, 2.75) is 106 Å². The normalized spacial score (nSPS) is 21.2. The molecule has 2 amide bonds. The molecule has 1 fully saturated rings. The van der Waals surface area contributed by atoms with Crippen LogP contribution in [0, 0.1) is 0 Å². The van der Waals surface area contributed by atoms with Gasteiger partial charge in [-0.15, -0.1) is 5.06 Å². The highest BCUT2D eigenvalue weighted by molar-refractivity contribution is 7.86. The van der Waals surface area contributed by atoms with Crippen molar-refractivity contribution in [2.75, 3.05) is 50.7 Å². The Balaban J connectivity index is 1.58. The van der Waals surface area contributed by atoms with Crippen LogP contribution in [0.4, 0.5) is 11.4 Å². The topological polar surface area (TPSA) is 251 Å². The third kappa shape index (κ3) is 11.5. The second-order valence-electron chi connectivity index (χ2n) is 16.3. The van der Waals surface area contributed by atoms with Crippen molar-refractivity contribution in [1.82, 2.24) is 5.06 Å². The summed E-state index contributed by atoms with van der Waals surface area (Å²) in [5.41, 5.74) is 2.71. The van der Waals surface area contributed by atoms with E-state index in [0.717, 1.165) is 5.71 Å². The number of rotatable bonds is 22. The number of imide groups is 1. The van der Waals surface area contributed by atoms with Crippen molar-refractivity contribution in [3.63, 3.8) is 0 Å². The number of allylic oxidation sites excluding steroid dienone is 4. The van der Waals surface area contributed by atoms with Crippen molar-refractivity contribution in [2.24, 2.45) is 0 Å². The first-order chi connectivity index (χ1) is 29.4. The fraction of sp³-hybridized carbons (Fsp3) is 0.524. The molecular formula is C42H56N3O15S3+. The van der Waals surface area contributed by atoms with Crippen LogP contribution >= 0.6 is 0 Å². The van der Waals surface area contributed by atoms with Crippen molar-refractivity contribution < 1.29 is 72.2 Å². The van der Waals surface area contributed by atoms with Gasteiger partial charge < -0.3 is 19.2 Å². The molecule has 0 spiro atoms. The van der Waals surface area contributed by atoms with Gasteiger partial charge in [-0.05, 0) is 107 Å². The van der Waals surface area contributed by atoms with Crippen LogP contribution in [0.15, 0.2) is 69.6 Å². The molecule has 1 saturated heterocycles. The van der Waals surface area contributed by atoms with Crippen molar-refractivity contribution in [1.29, 1.82) is 0 Å². The number of ether oxygens (including phenoxy) is 2. The minimum atomic E-state index is -4.61. The summed E-state index contributed by atoms with van der Waals surface area (Å²) in [6, 6.07) is 8.66. The van der Waals surface area contributed by atoms with E-state index in [1.165, 1.54) is 24.3 Å². The molecule has 0 aromatic heterocycles. The van der Waals surface area contributed by atoms with Gasteiger partial charge in [-0.3, -0.25) is 23.2 Å². The first kappa shape index (κ1) is 49.7. The maximum atomic E-state index is 12.5. The summed E-state index contributed by atoms with van der Waals surface area (Å²) in [6.07, 6.45) is 5.78. The van der Waals surface area contributed by atoms with Gasteiger partial charge >= 0.3 is 5.97 Å². The second kappa shape index (κ2) is 19.8. The molecule has 2 aromatic rings. The quantitative estimate of drug-likeness (QED) is 0.0604. The van der Waals surface area contributed by atoms with Gasteiger partial charge in [0.2, 0.25) is 5.69 Å². The Morgan fingerprint density at radius 1 is 0.825 bits per heavy atom. The second-order valence-corrected chi connectivity index (χ2v) is 20.7. The molecule has 18 nitrogen and oxygen atoms in total. The first-order valence-electron chi connectivity index (χ1n) is 20.6. The van der Waals surface area contributed by atoms with Crippen LogP contribution in [0.5, 0.6) is 0 Å². The number of unbranched alkanes of at least 4 members (excludes halogenated alkanes) is 2. The lowest BCUT2D eigenvalue weighted by Gasteiger charge is -2.30. The van der Waals surface area contributed by atoms with Gasteiger partial charge in [0.15, 0.2) is 5.71 Å². The summed E-state index contributed by atoms with van der Waals surface area (Å²) < 4.78 is 116. The van der Waals surface area contributed by atoms with Crippen LogP contribution in [0.1, 0.15) is 96.6 Å². The lowest BCUT2D eigenvalue weighted by atomic mass is 9.75. The van der Waals surface area contributed by atoms with Crippen molar-refractivity contribution in [3.05, 3.63) is 70.9 Å². The van der Waals surface area contributed by atoms with Gasteiger partial charge in [-0.25, -0.2) is 4.79 Å². The molecule has 3 aliphatic rings. The van der Waals surface area contributed by atoms with E-state index in [1.54, 1.807) is 19.2 Å². The molecule has 2 atom stereocenters. The lowest BCUT2D eigenvalue weighted by Crippen LogP contribution is -2.33. The van der Waals surface area contributed by atoms with E-state index in [2.05, 4.69) is 0 Å². The van der Waals surface area contributed by atoms with Gasteiger partial charge in [-0.1, -0.05) is 0 Å². The zero-order valence-electron chi connectivity index (χ0n) is 36.0. The monoisotopic (exact) mass is 938 g/mol. The molecular weight excluding hydrogens is 883 g/mol. The van der Waals surface area contributed by atoms with Crippen molar-refractivity contribution >= 4 is 65.2 Å². The number of hydroxylamine groups is 2. The van der Waals surface area contributed by atoms with Gasteiger partial charge in [0.25, 0.3) is 42.2 Å². The standard InChI is InChI=1S/C42H55N3O15S3/c1-6-43-34-14-12-30(62(52,53)54)27-32(34)41(3,18-10-24-61(49,50)51)36(43)25-29(2)26-37-42(4,19-21-59-23-22-58-5)33-28-31(63(55,56)57)13-15-35(33)44(37)20-9-7-8-11-40(48)60-45-38(46)16-17-39(45)47/h12-15,25-28H,6-11,16-24H2,1-5H3,(H2-,49,50,51,52,53,54,55,56,57)/p+1. The van der Waals surface area contributed by atoms with Crippen LogP contribution in [0.25, 0.3) is 0 Å². The lowest BCUT2D eigenvalue weighted by molar-refractivity contribution is -0.438. The van der Waals surface area contributed by atoms with Crippen LogP contribution in [0.2, 0.25) is 0 Å². The summed E-state index contributed by atoms with van der Waals surface area (Å²) >= 11 is 0. The molecule has 3 heterocycles. The van der Waals surface area contributed by atoms with Crippen LogP contribution in [-0.4, -0.2) is 118 Å². The first-order valence-corrected chi connectivity index (χ1v) is 25.1. The predicted octanol–water partition coefficient (Wildman–Crippen LogP) is 5.05. The molecule has 3 aliphatic heterocycles. The summed E-state index contributed by atoms with van der Waals surface area (Å²) in [5, 5.41) is 0.512. The Morgan fingerprint density at radius 2 is 1.46 bits per heavy atom. The van der Waals surface area contributed by atoms with Gasteiger partial charge in [0.1, 0.15) is 6.54 Å². The third-order valence-corrected chi connectivity index (χ3v) is 14.3. The number of hydrogen-bond donors (Lipinski definition) is 3. The number of nitrogens with zero attached hydrogens (tertiary/aromatic N) is 3. The minimum absolute atomic E-state index is 0.0179. The number of hydrogen-bond acceptors (Lipinski definition) is 13. The van der Waals surface area contributed by atoms with Gasteiger partial charge in [0, 0.05) is 80.4 Å². The fourth-order valence-electron chi connectivity index (χ4n) is 8.54. The van der Waals surface area contributed by atoms with E-state index in [1.807, 2.05) is 49.3 Å². The molecule has 21 heteroatoms. The van der Waals surface area contributed by atoms with E-state index in [9.17, 15) is 53.3 Å². The molecule has 0 aliphatic carbocycles. The Kier molecular flexibility index (Phi) is 15.6. The summed E-state index contributed by atoms with van der Waals surface area (Å²) in [7, 11) is -12.0. The molecule has 0 saturated carbocycles. The fourth-order valence-corrected chi connectivity index (χ4v) is 10.1. The maximum Gasteiger partial charge on any atom is 0.333 e. The van der Waals surface area contributed by atoms with E-state index >= 15 is 0 Å². The minimum Gasteiger partial charge on any atom is -0.382 e. The highest BCUT2D eigenvalue weighted by Crippen LogP contribution is 2.52. The molecule has 2 aromatic carbocycles. The molecule has 0 radical (unpaired) electrons. The molecule has 3 N–H and O–H groups in total. The Bertz CT molecular complexity index is 2540. The zero-order valence-corrected chi connectivity index (χ0v) is 38.5. The molecule has 346 valence electrons. The predicted molar refractivity (Wildman–Crippen MR) is 230 cm³/mol. The highest BCUT2D eigenvalue weighted by Gasteiger charge is 2.49. The Labute approximate surface area is 368 Å². The summed E-state index contributed by atoms with van der Waals surface area (Å²) in [6.45, 7) is 9.26. The van der Waals surface area contributed by atoms with E-state index in [-0.39, 0.29) is 48.5 Å². The smallest absolute Gasteiger partial charge is 0.333 e. The van der Waals surface area contributed by atoms with Crippen LogP contribution in [-0.2, 0) is 69.9 Å². The third-order valence-electron chi connectivity index (χ3n) is 11.8. The average molecular weight is 939 g/mol. The highest BCUT2D eigenvalue weighted by atomic mass is 32.2. The number of carbonyl (C=O) groups is 3. The van der Waals surface area contributed by atoms with Crippen LogP contribution < -0.4 is 4.90 Å². The SMILES string of the molecule is CCN1/C(=C/C(C)=C/C2=[N+](CCCCCC(=O)ON3C(=O)CCC3=O)c3ccc(S(=O)(=O)O)cc3C2(C)CCOCCOC)C(C)(CCCS(=O)(=O)O)c2cc(S(=O)(=O)O)ccc21. The number of likely N-dealkylation sites (N-methyl/N-ethyl adjacent to an activating group) is 1. The van der Waals surface area contributed by atoms with E-state index in [0.29, 0.717) is 90.8 Å². The molecule has 0 bridgehead atoms. The number of benzene rings is 2. The molecule has 63 heavy (non-hydrogen) atoms. The number of fused-ring (bicyclic) bond motifs is 2. The molecule has 2 unspecified atom stereocenters. The Hall–Kier alpha value is -4.35. The number of amides is 2. The number of anilines is 1. The van der Waals surface area contributed by atoms with E-state index < -0.39 is 64.7 Å². The largest absolute Gasteiger partial charge is 0.382 e. The van der Waals surface area contributed by atoms with Crippen LogP contribution in [0.3, 0.4) is 0 Å². The van der Waals surface area contributed by atoms with Crippen molar-refractivity contribution in [3.8, 4) is 0 Å². The van der Waals surface area contributed by atoms with E-state index in [4.69, 9.17) is 14.3 Å². The summed E-state index contributed by atoms with van der Waals surface area (Å²) in [5.74, 6) is -2.39. The zero-order chi connectivity index (χ0) is 46.5. The van der Waals surface area contributed by atoms with Gasteiger partial charge in [0.05, 0.1) is 34.2 Å². The number of methoxy groups -OCH3 is 1. The summed E-state index contributed by atoms with van der Waals surface area (Å²) in [4.78, 5) is 42.7. The van der Waals surface area contributed by atoms with Gasteiger partial charge in [-0.2, -0.15) is 29.8 Å². The number of carbonyl (C=O) groups excluding carboxylic acids is 3. The Morgan fingerprint density at radius 3 is 2.06 bits per heavy atom. The maximum absolute atomic E-state index is 12.5.